The molecule has 0 heterocycles. The molecule has 0 aliphatic rings. The number of nitrogens with zero attached hydrogens (tertiary/aromatic N) is 2. The van der Waals surface area contributed by atoms with Crippen LogP contribution in [0.25, 0.3) is 11.1 Å². The van der Waals surface area contributed by atoms with Crippen LogP contribution in [0.1, 0.15) is 34.6 Å². The van der Waals surface area contributed by atoms with Crippen molar-refractivity contribution in [3.05, 3.63) is 166 Å². The minimum absolute atomic E-state index is 0.330. The van der Waals surface area contributed by atoms with Crippen LogP contribution in [0, 0.1) is 0 Å². The van der Waals surface area contributed by atoms with Crippen LogP contribution in [0.4, 0.5) is 34.1 Å². The molecule has 0 aliphatic carbocycles. The van der Waals surface area contributed by atoms with E-state index in [0.717, 1.165) is 54.2 Å². The summed E-state index contributed by atoms with van der Waals surface area (Å²) in [4.78, 5) is 28.9. The Bertz CT molecular complexity index is 1900. The van der Waals surface area contributed by atoms with Gasteiger partial charge in [0.25, 0.3) is 0 Å². The lowest BCUT2D eigenvalue weighted by Crippen LogP contribution is -2.11. The number of rotatable bonds is 11. The maximum absolute atomic E-state index is 12.3. The summed E-state index contributed by atoms with van der Waals surface area (Å²) in [6.45, 7) is 4.26. The van der Waals surface area contributed by atoms with E-state index in [2.05, 4.69) is 114 Å². The number of ether oxygens (including phenoxy) is 2. The van der Waals surface area contributed by atoms with Crippen LogP contribution in [-0.4, -0.2) is 25.2 Å². The minimum atomic E-state index is -0.337. The summed E-state index contributed by atoms with van der Waals surface area (Å²) in [6, 6.07) is 48.0. The zero-order valence-electron chi connectivity index (χ0n) is 27.6. The molecule has 8 heteroatoms. The molecule has 0 radical (unpaired) electrons. The predicted molar refractivity (Wildman–Crippen MR) is 209 cm³/mol. The van der Waals surface area contributed by atoms with Crippen LogP contribution >= 0.6 is 31.9 Å². The molecule has 6 aromatic carbocycles. The van der Waals surface area contributed by atoms with Crippen molar-refractivity contribution in [3.8, 4) is 11.1 Å². The molecule has 0 amide bonds. The average Bonchev–Trinajstić information content (AvgIpc) is 3.15. The molecule has 0 fully saturated rings. The smallest absolute Gasteiger partial charge is 0.338 e. The third-order valence-electron chi connectivity index (χ3n) is 8.03. The highest BCUT2D eigenvalue weighted by atomic mass is 79.9. The van der Waals surface area contributed by atoms with Crippen LogP contribution in [0.2, 0.25) is 0 Å². The highest BCUT2D eigenvalue weighted by molar-refractivity contribution is 9.10. The number of halogens is 2. The summed E-state index contributed by atoms with van der Waals surface area (Å²) in [5, 5.41) is 0. The number of hydrogen-bond acceptors (Lipinski definition) is 6. The van der Waals surface area contributed by atoms with Gasteiger partial charge in [-0.25, -0.2) is 9.59 Å². The average molecular weight is 791 g/mol. The molecule has 6 aromatic rings. The molecule has 50 heavy (non-hydrogen) atoms. The van der Waals surface area contributed by atoms with Crippen LogP contribution in [-0.2, 0) is 9.47 Å². The van der Waals surface area contributed by atoms with Gasteiger partial charge in [-0.1, -0.05) is 56.1 Å². The van der Waals surface area contributed by atoms with E-state index in [-0.39, 0.29) is 11.9 Å². The molecule has 0 spiro atoms. The van der Waals surface area contributed by atoms with Gasteiger partial charge in [-0.05, 0) is 146 Å². The summed E-state index contributed by atoms with van der Waals surface area (Å²) in [5.74, 6) is -0.673. The van der Waals surface area contributed by atoms with Gasteiger partial charge in [0.15, 0.2) is 0 Å². The zero-order valence-corrected chi connectivity index (χ0v) is 30.7. The maximum atomic E-state index is 12.3. The van der Waals surface area contributed by atoms with Gasteiger partial charge >= 0.3 is 11.9 Å². The molecule has 250 valence electrons. The highest BCUT2D eigenvalue weighted by Gasteiger charge is 2.17. The Morgan fingerprint density at radius 3 is 0.920 bits per heavy atom. The quantitative estimate of drug-likeness (QED) is 0.122. The van der Waals surface area contributed by atoms with Crippen LogP contribution in [0.5, 0.6) is 0 Å². The fraction of sp³-hybridized carbons (Fsp3) is 0.0952. The first-order chi connectivity index (χ1) is 24.3. The standard InChI is InChI=1S/C42H34Br2N2O4/c1-3-49-41(47)31-9-21-37(22-10-31)45(39-25-13-33(43)14-26-39)35-17-5-29(6-18-35)30-7-19-36(20-8-30)46(40-27-15-34(44)16-28-40)38-23-11-32(12-24-38)42(48)50-4-2/h5-28H,3-4H2,1-2H3. The first kappa shape index (κ1) is 34.7. The second-order valence-electron chi connectivity index (χ2n) is 11.3. The molecule has 0 aromatic heterocycles. The van der Waals surface area contributed by atoms with Gasteiger partial charge in [0.2, 0.25) is 0 Å². The van der Waals surface area contributed by atoms with E-state index in [1.54, 1.807) is 38.1 Å². The van der Waals surface area contributed by atoms with Crippen molar-refractivity contribution in [2.45, 2.75) is 13.8 Å². The third-order valence-corrected chi connectivity index (χ3v) is 9.08. The molecule has 0 saturated carbocycles. The molecule has 0 N–H and O–H groups in total. The second-order valence-corrected chi connectivity index (χ2v) is 13.1. The lowest BCUT2D eigenvalue weighted by atomic mass is 10.0. The number of carbonyl (C=O) groups excluding carboxylic acids is 2. The summed E-state index contributed by atoms with van der Waals surface area (Å²) in [5.41, 5.74) is 8.92. The monoisotopic (exact) mass is 788 g/mol. The molecular formula is C42H34Br2N2O4. The Kier molecular flexibility index (Phi) is 11.1. The Morgan fingerprint density at radius 2 is 0.660 bits per heavy atom. The van der Waals surface area contributed by atoms with Gasteiger partial charge in [-0.2, -0.15) is 0 Å². The Labute approximate surface area is 309 Å². The lowest BCUT2D eigenvalue weighted by molar-refractivity contribution is 0.0517. The zero-order chi connectivity index (χ0) is 35.0. The van der Waals surface area contributed by atoms with Gasteiger partial charge < -0.3 is 19.3 Å². The molecule has 0 bridgehead atoms. The molecule has 6 nitrogen and oxygen atoms in total. The van der Waals surface area contributed by atoms with Gasteiger partial charge in [-0.15, -0.1) is 0 Å². The van der Waals surface area contributed by atoms with Gasteiger partial charge in [-0.3, -0.25) is 0 Å². The number of esters is 2. The number of carbonyl (C=O) groups is 2. The SMILES string of the molecule is CCOC(=O)c1ccc(N(c2ccc(Br)cc2)c2ccc(-c3ccc(N(c4ccc(Br)cc4)c4ccc(C(=O)OCC)cc4)cc3)cc2)cc1. The fourth-order valence-corrected chi connectivity index (χ4v) is 6.13. The second kappa shape index (κ2) is 16.0. The topological polar surface area (TPSA) is 59.1 Å². The summed E-state index contributed by atoms with van der Waals surface area (Å²) in [6.07, 6.45) is 0. The van der Waals surface area contributed by atoms with E-state index in [4.69, 9.17) is 9.47 Å². The van der Waals surface area contributed by atoms with E-state index >= 15 is 0 Å². The summed E-state index contributed by atoms with van der Waals surface area (Å²) in [7, 11) is 0. The van der Waals surface area contributed by atoms with Crippen molar-refractivity contribution in [1.29, 1.82) is 0 Å². The van der Waals surface area contributed by atoms with Crippen LogP contribution in [0.3, 0.4) is 0 Å². The number of hydrogen-bond donors (Lipinski definition) is 0. The summed E-state index contributed by atoms with van der Waals surface area (Å²) >= 11 is 7.09. The molecule has 0 saturated heterocycles. The van der Waals surface area contributed by atoms with Gasteiger partial charge in [0, 0.05) is 43.1 Å². The van der Waals surface area contributed by atoms with E-state index in [0.29, 0.717) is 24.3 Å². The van der Waals surface area contributed by atoms with Crippen molar-refractivity contribution < 1.29 is 19.1 Å². The Hall–Kier alpha value is -5.18. The normalized spacial score (nSPS) is 10.7. The number of anilines is 6. The maximum Gasteiger partial charge on any atom is 0.338 e. The highest BCUT2D eigenvalue weighted by Crippen LogP contribution is 2.38. The van der Waals surface area contributed by atoms with Crippen LogP contribution < -0.4 is 9.80 Å². The largest absolute Gasteiger partial charge is 0.462 e. The van der Waals surface area contributed by atoms with E-state index in [9.17, 15) is 9.59 Å². The molecule has 6 rings (SSSR count). The van der Waals surface area contributed by atoms with E-state index < -0.39 is 0 Å². The lowest BCUT2D eigenvalue weighted by Gasteiger charge is -2.26. The van der Waals surface area contributed by atoms with Crippen molar-refractivity contribution in [1.82, 2.24) is 0 Å². The third kappa shape index (κ3) is 7.99. The van der Waals surface area contributed by atoms with Gasteiger partial charge in [0.1, 0.15) is 0 Å². The first-order valence-corrected chi connectivity index (χ1v) is 17.8. The Balaban J connectivity index is 1.29. The number of benzene rings is 6. The molecule has 0 aliphatic heterocycles. The Morgan fingerprint density at radius 1 is 0.420 bits per heavy atom. The van der Waals surface area contributed by atoms with Gasteiger partial charge in [0.05, 0.1) is 24.3 Å². The minimum Gasteiger partial charge on any atom is -0.462 e. The molecule has 0 unspecified atom stereocenters. The predicted octanol–water partition coefficient (Wildman–Crippen LogP) is 12.2. The fourth-order valence-electron chi connectivity index (χ4n) is 5.60. The van der Waals surface area contributed by atoms with Crippen LogP contribution in [0.15, 0.2) is 155 Å². The van der Waals surface area contributed by atoms with E-state index in [1.165, 1.54) is 0 Å². The summed E-state index contributed by atoms with van der Waals surface area (Å²) < 4.78 is 12.3. The first-order valence-electron chi connectivity index (χ1n) is 16.2. The van der Waals surface area contributed by atoms with Crippen molar-refractivity contribution in [2.75, 3.05) is 23.0 Å². The van der Waals surface area contributed by atoms with Crippen molar-refractivity contribution in [2.24, 2.45) is 0 Å². The molecule has 0 atom stereocenters. The van der Waals surface area contributed by atoms with E-state index in [1.807, 2.05) is 48.5 Å². The molecular weight excluding hydrogens is 756 g/mol. The van der Waals surface area contributed by atoms with Crippen molar-refractivity contribution >= 4 is 77.9 Å². The van der Waals surface area contributed by atoms with Crippen molar-refractivity contribution in [3.63, 3.8) is 0 Å².